The highest BCUT2D eigenvalue weighted by molar-refractivity contribution is 7.20. The number of aromatic nitrogens is 1. The maximum Gasteiger partial charge on any atom is 0.228 e. The summed E-state index contributed by atoms with van der Waals surface area (Å²) in [5.74, 6) is 1.58. The number of amides is 1. The number of benzene rings is 1. The van der Waals surface area contributed by atoms with E-state index in [0.29, 0.717) is 19.6 Å². The smallest absolute Gasteiger partial charge is 0.228 e. The van der Waals surface area contributed by atoms with Crippen LogP contribution in [0.25, 0.3) is 9.88 Å². The summed E-state index contributed by atoms with van der Waals surface area (Å²) in [6, 6.07) is 11.4. The van der Waals surface area contributed by atoms with Crippen LogP contribution in [0.4, 0.5) is 0 Å². The van der Waals surface area contributed by atoms with Crippen molar-refractivity contribution in [3.05, 3.63) is 52.9 Å². The molecule has 2 heterocycles. The fourth-order valence-electron chi connectivity index (χ4n) is 2.29. The molecule has 5 nitrogen and oxygen atoms in total. The zero-order valence-electron chi connectivity index (χ0n) is 14.7. The number of thiophene rings is 1. The molecule has 0 unspecified atom stereocenters. The number of nitrogens with zero attached hydrogens (tertiary/aromatic N) is 2. The van der Waals surface area contributed by atoms with Crippen LogP contribution < -0.4 is 9.47 Å². The quantitative estimate of drug-likeness (QED) is 0.586. The molecule has 0 N–H and O–H groups in total. The van der Waals surface area contributed by atoms with Crippen LogP contribution in [0, 0.1) is 0 Å². The van der Waals surface area contributed by atoms with Gasteiger partial charge in [-0.25, -0.2) is 4.98 Å². The number of likely N-dealkylation sites (N-methyl/N-ethyl adjacent to an activating group) is 1. The Bertz CT molecular complexity index is 829. The van der Waals surface area contributed by atoms with E-state index in [1.54, 1.807) is 41.7 Å². The summed E-state index contributed by atoms with van der Waals surface area (Å²) in [6.45, 7) is 0.957. The Morgan fingerprint density at radius 2 is 1.92 bits per heavy atom. The van der Waals surface area contributed by atoms with Gasteiger partial charge in [-0.15, -0.1) is 22.7 Å². The van der Waals surface area contributed by atoms with E-state index in [-0.39, 0.29) is 5.91 Å². The Kier molecular flexibility index (Phi) is 6.25. The van der Waals surface area contributed by atoms with Crippen molar-refractivity contribution in [1.29, 1.82) is 0 Å². The maximum atomic E-state index is 12.4. The first kappa shape index (κ1) is 18.4. The van der Waals surface area contributed by atoms with E-state index in [2.05, 4.69) is 4.98 Å². The number of thiazole rings is 1. The third-order valence-corrected chi connectivity index (χ3v) is 5.73. The Morgan fingerprint density at radius 3 is 2.62 bits per heavy atom. The Hall–Kier alpha value is -2.38. The van der Waals surface area contributed by atoms with E-state index in [9.17, 15) is 4.79 Å². The molecule has 0 atom stereocenters. The van der Waals surface area contributed by atoms with Gasteiger partial charge in [0, 0.05) is 12.4 Å². The molecule has 3 rings (SSSR count). The van der Waals surface area contributed by atoms with Gasteiger partial charge in [-0.3, -0.25) is 4.79 Å². The number of hydrogen-bond donors (Lipinski definition) is 0. The topological polar surface area (TPSA) is 51.7 Å². The summed E-state index contributed by atoms with van der Waals surface area (Å²) in [7, 11) is 3.41. The van der Waals surface area contributed by atoms with Crippen molar-refractivity contribution in [2.24, 2.45) is 0 Å². The SMILES string of the molecule is COc1ccc(OCCN(C)C(=O)Cc2csc(-c3cccs3)n2)cc1. The summed E-state index contributed by atoms with van der Waals surface area (Å²) in [6.07, 6.45) is 0.306. The fraction of sp³-hybridized carbons (Fsp3) is 0.263. The van der Waals surface area contributed by atoms with Gasteiger partial charge in [0.15, 0.2) is 0 Å². The van der Waals surface area contributed by atoms with E-state index in [1.165, 1.54) is 0 Å². The van der Waals surface area contributed by atoms with E-state index < -0.39 is 0 Å². The van der Waals surface area contributed by atoms with Crippen molar-refractivity contribution in [3.8, 4) is 21.4 Å². The van der Waals surface area contributed by atoms with Crippen LogP contribution >= 0.6 is 22.7 Å². The maximum absolute atomic E-state index is 12.4. The van der Waals surface area contributed by atoms with Crippen LogP contribution in [0.5, 0.6) is 11.5 Å². The number of carbonyl (C=O) groups is 1. The molecule has 2 aromatic heterocycles. The molecule has 1 aromatic carbocycles. The molecule has 0 radical (unpaired) electrons. The number of ether oxygens (including phenoxy) is 2. The Labute approximate surface area is 160 Å². The van der Waals surface area contributed by atoms with E-state index in [4.69, 9.17) is 9.47 Å². The first-order valence-electron chi connectivity index (χ1n) is 8.15. The van der Waals surface area contributed by atoms with Crippen molar-refractivity contribution >= 4 is 28.6 Å². The molecule has 0 saturated carbocycles. The van der Waals surface area contributed by atoms with Gasteiger partial charge in [0.1, 0.15) is 23.1 Å². The fourth-order valence-corrected chi connectivity index (χ4v) is 3.92. The minimum absolute atomic E-state index is 0.0337. The highest BCUT2D eigenvalue weighted by atomic mass is 32.1. The minimum Gasteiger partial charge on any atom is -0.497 e. The molecule has 0 fully saturated rings. The lowest BCUT2D eigenvalue weighted by Gasteiger charge is -2.17. The Balaban J connectivity index is 1.45. The molecule has 0 aliphatic rings. The third-order valence-electron chi connectivity index (χ3n) is 3.80. The first-order chi connectivity index (χ1) is 12.7. The zero-order valence-corrected chi connectivity index (χ0v) is 16.3. The zero-order chi connectivity index (χ0) is 18.4. The Morgan fingerprint density at radius 1 is 1.15 bits per heavy atom. The highest BCUT2D eigenvalue weighted by Crippen LogP contribution is 2.28. The predicted molar refractivity (Wildman–Crippen MR) is 105 cm³/mol. The monoisotopic (exact) mass is 388 g/mol. The van der Waals surface area contributed by atoms with Crippen molar-refractivity contribution in [2.75, 3.05) is 27.3 Å². The lowest BCUT2D eigenvalue weighted by molar-refractivity contribution is -0.129. The van der Waals surface area contributed by atoms with E-state index in [0.717, 1.165) is 27.1 Å². The number of rotatable bonds is 8. The molecule has 0 spiro atoms. The van der Waals surface area contributed by atoms with Crippen LogP contribution in [0.3, 0.4) is 0 Å². The largest absolute Gasteiger partial charge is 0.497 e. The van der Waals surface area contributed by atoms with E-state index >= 15 is 0 Å². The molecule has 7 heteroatoms. The molecule has 0 saturated heterocycles. The standard InChI is InChI=1S/C19H20N2O3S2/c1-21(9-10-24-16-7-5-15(23-2)6-8-16)18(22)12-14-13-26-19(20-14)17-4-3-11-25-17/h3-8,11,13H,9-10,12H2,1-2H3. The summed E-state index contributed by atoms with van der Waals surface area (Å²) in [5, 5.41) is 4.94. The summed E-state index contributed by atoms with van der Waals surface area (Å²) >= 11 is 3.23. The molecular weight excluding hydrogens is 368 g/mol. The molecular formula is C19H20N2O3S2. The summed E-state index contributed by atoms with van der Waals surface area (Å²) in [5.41, 5.74) is 0.811. The first-order valence-corrected chi connectivity index (χ1v) is 9.91. The predicted octanol–water partition coefficient (Wildman–Crippen LogP) is 3.96. The lowest BCUT2D eigenvalue weighted by atomic mass is 10.3. The second-order valence-corrected chi connectivity index (χ2v) is 7.44. The van der Waals surface area contributed by atoms with E-state index in [1.807, 2.05) is 47.2 Å². The number of methoxy groups -OCH3 is 1. The van der Waals surface area contributed by atoms with Crippen LogP contribution in [0.2, 0.25) is 0 Å². The molecule has 26 heavy (non-hydrogen) atoms. The molecule has 1 amide bonds. The van der Waals surface area contributed by atoms with Crippen LogP contribution in [-0.2, 0) is 11.2 Å². The van der Waals surface area contributed by atoms with Crippen LogP contribution in [0.15, 0.2) is 47.2 Å². The lowest BCUT2D eigenvalue weighted by Crippen LogP contribution is -2.32. The van der Waals surface area contributed by atoms with Crippen molar-refractivity contribution in [1.82, 2.24) is 9.88 Å². The van der Waals surface area contributed by atoms with Gasteiger partial charge in [-0.1, -0.05) is 6.07 Å². The average Bonchev–Trinajstić information content (AvgIpc) is 3.33. The van der Waals surface area contributed by atoms with Gasteiger partial charge in [-0.2, -0.15) is 0 Å². The molecule has 3 aromatic rings. The second kappa shape index (κ2) is 8.82. The highest BCUT2D eigenvalue weighted by Gasteiger charge is 2.13. The van der Waals surface area contributed by atoms with Crippen LogP contribution in [-0.4, -0.2) is 43.1 Å². The van der Waals surface area contributed by atoms with Gasteiger partial charge >= 0.3 is 0 Å². The minimum atomic E-state index is 0.0337. The van der Waals surface area contributed by atoms with Gasteiger partial charge < -0.3 is 14.4 Å². The number of hydrogen-bond acceptors (Lipinski definition) is 6. The summed E-state index contributed by atoms with van der Waals surface area (Å²) in [4.78, 5) is 19.7. The van der Waals surface area contributed by atoms with Crippen molar-refractivity contribution < 1.29 is 14.3 Å². The van der Waals surface area contributed by atoms with Crippen LogP contribution in [0.1, 0.15) is 5.69 Å². The summed E-state index contributed by atoms with van der Waals surface area (Å²) < 4.78 is 10.8. The molecule has 0 bridgehead atoms. The third kappa shape index (κ3) is 4.83. The molecule has 136 valence electrons. The van der Waals surface area contributed by atoms with Crippen molar-refractivity contribution in [3.63, 3.8) is 0 Å². The normalized spacial score (nSPS) is 10.5. The number of carbonyl (C=O) groups excluding carboxylic acids is 1. The average molecular weight is 389 g/mol. The molecule has 0 aliphatic carbocycles. The van der Waals surface area contributed by atoms with Gasteiger partial charge in [0.25, 0.3) is 0 Å². The van der Waals surface area contributed by atoms with Gasteiger partial charge in [-0.05, 0) is 35.7 Å². The van der Waals surface area contributed by atoms with Gasteiger partial charge in [0.05, 0.1) is 30.6 Å². The second-order valence-electron chi connectivity index (χ2n) is 5.64. The van der Waals surface area contributed by atoms with Crippen molar-refractivity contribution in [2.45, 2.75) is 6.42 Å². The van der Waals surface area contributed by atoms with Gasteiger partial charge in [0.2, 0.25) is 5.91 Å². The molecule has 0 aliphatic heterocycles.